The molecule has 0 atom stereocenters. The first-order valence-electron chi connectivity index (χ1n) is 10.5. The molecule has 0 spiro atoms. The SMILES string of the molecule is Cc1nn(Cc2ccc(F)cc2)c(Cl)c1C(=O)Nc1ccc(N2CCOCC2)cc1C(F)(F)F. The molecule has 0 bridgehead atoms. The third kappa shape index (κ3) is 5.18. The number of nitrogens with zero attached hydrogens (tertiary/aromatic N) is 3. The molecule has 0 unspecified atom stereocenters. The van der Waals surface area contributed by atoms with Gasteiger partial charge in [0.15, 0.2) is 0 Å². The summed E-state index contributed by atoms with van der Waals surface area (Å²) in [5.74, 6) is -1.20. The van der Waals surface area contributed by atoms with Gasteiger partial charge in [0, 0.05) is 18.8 Å². The Morgan fingerprint density at radius 2 is 1.82 bits per heavy atom. The fraction of sp³-hybridized carbons (Fsp3) is 0.304. The van der Waals surface area contributed by atoms with Crippen LogP contribution in [0.5, 0.6) is 0 Å². The number of halogens is 5. The van der Waals surface area contributed by atoms with Crippen LogP contribution >= 0.6 is 11.6 Å². The van der Waals surface area contributed by atoms with E-state index < -0.39 is 23.5 Å². The van der Waals surface area contributed by atoms with Gasteiger partial charge in [0.1, 0.15) is 11.0 Å². The second-order valence-electron chi connectivity index (χ2n) is 7.82. The molecule has 0 aliphatic carbocycles. The predicted molar refractivity (Wildman–Crippen MR) is 120 cm³/mol. The average Bonchev–Trinajstić information content (AvgIpc) is 3.08. The van der Waals surface area contributed by atoms with Gasteiger partial charge >= 0.3 is 6.18 Å². The van der Waals surface area contributed by atoms with Crippen molar-refractivity contribution in [1.82, 2.24) is 9.78 Å². The number of benzene rings is 2. The number of hydrogen-bond acceptors (Lipinski definition) is 4. The Morgan fingerprint density at radius 3 is 2.47 bits per heavy atom. The number of nitrogens with one attached hydrogen (secondary N) is 1. The molecule has 1 aliphatic rings. The van der Waals surface area contributed by atoms with Crippen LogP contribution in [-0.2, 0) is 17.5 Å². The highest BCUT2D eigenvalue weighted by atomic mass is 35.5. The Labute approximate surface area is 198 Å². The molecule has 0 saturated carbocycles. The Kier molecular flexibility index (Phi) is 6.81. The minimum Gasteiger partial charge on any atom is -0.378 e. The molecule has 1 saturated heterocycles. The van der Waals surface area contributed by atoms with Crippen LogP contribution < -0.4 is 10.2 Å². The summed E-state index contributed by atoms with van der Waals surface area (Å²) >= 11 is 6.35. The van der Waals surface area contributed by atoms with Crippen molar-refractivity contribution >= 4 is 28.9 Å². The van der Waals surface area contributed by atoms with Gasteiger partial charge in [0.2, 0.25) is 0 Å². The number of morpholine rings is 1. The Morgan fingerprint density at radius 1 is 1.15 bits per heavy atom. The maximum atomic E-state index is 13.8. The zero-order chi connectivity index (χ0) is 24.5. The van der Waals surface area contributed by atoms with Gasteiger partial charge in [-0.3, -0.25) is 4.79 Å². The van der Waals surface area contributed by atoms with Crippen molar-refractivity contribution in [1.29, 1.82) is 0 Å². The van der Waals surface area contributed by atoms with Gasteiger partial charge in [-0.1, -0.05) is 23.7 Å². The van der Waals surface area contributed by atoms with Gasteiger partial charge in [-0.15, -0.1) is 0 Å². The van der Waals surface area contributed by atoms with Crippen LogP contribution in [0.1, 0.15) is 27.2 Å². The van der Waals surface area contributed by atoms with E-state index in [9.17, 15) is 22.4 Å². The molecule has 2 aromatic carbocycles. The first-order valence-corrected chi connectivity index (χ1v) is 10.8. The van der Waals surface area contributed by atoms with E-state index in [1.165, 1.54) is 35.9 Å². The van der Waals surface area contributed by atoms with Crippen LogP contribution in [0.25, 0.3) is 0 Å². The van der Waals surface area contributed by atoms with Crippen molar-refractivity contribution in [2.75, 3.05) is 36.5 Å². The number of carbonyl (C=O) groups is 1. The molecule has 0 radical (unpaired) electrons. The lowest BCUT2D eigenvalue weighted by molar-refractivity contribution is -0.136. The molecule has 1 amide bonds. The lowest BCUT2D eigenvalue weighted by Crippen LogP contribution is -2.36. The minimum absolute atomic E-state index is 0.0298. The Bertz CT molecular complexity index is 1190. The van der Waals surface area contributed by atoms with Crippen molar-refractivity contribution in [3.05, 3.63) is 75.8 Å². The van der Waals surface area contributed by atoms with E-state index in [-0.39, 0.29) is 28.6 Å². The Balaban J connectivity index is 1.59. The number of amides is 1. The maximum absolute atomic E-state index is 13.8. The zero-order valence-electron chi connectivity index (χ0n) is 18.1. The number of rotatable bonds is 5. The zero-order valence-corrected chi connectivity index (χ0v) is 18.9. The molecule has 2 heterocycles. The number of aromatic nitrogens is 2. The summed E-state index contributed by atoms with van der Waals surface area (Å²) in [5.41, 5.74) is -0.0309. The lowest BCUT2D eigenvalue weighted by atomic mass is 10.1. The van der Waals surface area contributed by atoms with Crippen LogP contribution in [0.15, 0.2) is 42.5 Å². The van der Waals surface area contributed by atoms with Gasteiger partial charge in [-0.2, -0.15) is 18.3 Å². The normalized spacial score (nSPS) is 14.4. The lowest BCUT2D eigenvalue weighted by Gasteiger charge is -2.29. The van der Waals surface area contributed by atoms with Gasteiger partial charge in [0.05, 0.1) is 42.3 Å². The molecule has 11 heteroatoms. The third-order valence-electron chi connectivity index (χ3n) is 5.47. The Hall–Kier alpha value is -3.11. The quantitative estimate of drug-likeness (QED) is 0.497. The maximum Gasteiger partial charge on any atom is 0.418 e. The summed E-state index contributed by atoms with van der Waals surface area (Å²) in [6.07, 6.45) is -4.68. The highest BCUT2D eigenvalue weighted by Gasteiger charge is 2.35. The molecular weight excluding hydrogens is 476 g/mol. The predicted octanol–water partition coefficient (Wildman–Crippen LogP) is 5.14. The summed E-state index contributed by atoms with van der Waals surface area (Å²) in [4.78, 5) is 14.7. The summed E-state index contributed by atoms with van der Waals surface area (Å²) in [6.45, 7) is 3.51. The summed E-state index contributed by atoms with van der Waals surface area (Å²) in [5, 5.41) is 6.54. The van der Waals surface area contributed by atoms with Crippen molar-refractivity contribution in [3.63, 3.8) is 0 Å². The summed E-state index contributed by atoms with van der Waals surface area (Å²) < 4.78 is 61.2. The molecule has 1 N–H and O–H groups in total. The van der Waals surface area contributed by atoms with Crippen LogP contribution in [-0.4, -0.2) is 42.0 Å². The molecule has 1 aliphatic heterocycles. The van der Waals surface area contributed by atoms with Crippen molar-refractivity contribution in [2.24, 2.45) is 0 Å². The second-order valence-corrected chi connectivity index (χ2v) is 8.17. The highest BCUT2D eigenvalue weighted by molar-refractivity contribution is 6.33. The minimum atomic E-state index is -4.68. The molecular formula is C23H21ClF4N4O2. The van der Waals surface area contributed by atoms with E-state index in [1.807, 2.05) is 0 Å². The van der Waals surface area contributed by atoms with Crippen molar-refractivity contribution < 1.29 is 27.1 Å². The number of anilines is 2. The molecule has 1 aromatic heterocycles. The second kappa shape index (κ2) is 9.63. The van der Waals surface area contributed by atoms with E-state index in [2.05, 4.69) is 10.4 Å². The van der Waals surface area contributed by atoms with Crippen molar-refractivity contribution in [3.8, 4) is 0 Å². The molecule has 180 valence electrons. The van der Waals surface area contributed by atoms with Gasteiger partial charge < -0.3 is 15.0 Å². The average molecular weight is 497 g/mol. The summed E-state index contributed by atoms with van der Waals surface area (Å²) in [7, 11) is 0. The molecule has 3 aromatic rings. The molecule has 34 heavy (non-hydrogen) atoms. The van der Waals surface area contributed by atoms with E-state index in [0.29, 0.717) is 37.6 Å². The molecule has 1 fully saturated rings. The van der Waals surface area contributed by atoms with Crippen LogP contribution in [0.2, 0.25) is 5.15 Å². The largest absolute Gasteiger partial charge is 0.418 e. The topological polar surface area (TPSA) is 59.4 Å². The fourth-order valence-electron chi connectivity index (χ4n) is 3.76. The van der Waals surface area contributed by atoms with Crippen LogP contribution in [0.3, 0.4) is 0 Å². The van der Waals surface area contributed by atoms with Crippen molar-refractivity contribution in [2.45, 2.75) is 19.6 Å². The first-order chi connectivity index (χ1) is 16.1. The number of alkyl halides is 3. The van der Waals surface area contributed by atoms with E-state index in [0.717, 1.165) is 6.07 Å². The van der Waals surface area contributed by atoms with Gasteiger partial charge in [-0.05, 0) is 42.8 Å². The number of hydrogen-bond donors (Lipinski definition) is 1. The third-order valence-corrected chi connectivity index (χ3v) is 5.86. The fourth-order valence-corrected chi connectivity index (χ4v) is 4.08. The number of carbonyl (C=O) groups excluding carboxylic acids is 1. The van der Waals surface area contributed by atoms with E-state index in [4.69, 9.17) is 16.3 Å². The highest BCUT2D eigenvalue weighted by Crippen LogP contribution is 2.38. The molecule has 6 nitrogen and oxygen atoms in total. The number of aryl methyl sites for hydroxylation is 1. The van der Waals surface area contributed by atoms with E-state index in [1.54, 1.807) is 17.0 Å². The molecule has 4 rings (SSSR count). The first kappa shape index (κ1) is 24.0. The van der Waals surface area contributed by atoms with Crippen LogP contribution in [0, 0.1) is 12.7 Å². The smallest absolute Gasteiger partial charge is 0.378 e. The monoisotopic (exact) mass is 496 g/mol. The van der Waals surface area contributed by atoms with Gasteiger partial charge in [-0.25, -0.2) is 9.07 Å². The summed E-state index contributed by atoms with van der Waals surface area (Å²) in [6, 6.07) is 9.45. The standard InChI is InChI=1S/C23H21ClF4N4O2/c1-14-20(21(24)32(30-14)13-15-2-4-16(25)5-3-15)22(33)29-19-7-6-17(12-18(19)23(26,27)28)31-8-10-34-11-9-31/h2-7,12H,8-11,13H2,1H3,(H,29,33). The van der Waals surface area contributed by atoms with Crippen LogP contribution in [0.4, 0.5) is 28.9 Å². The number of ether oxygens (including phenoxy) is 1. The van der Waals surface area contributed by atoms with E-state index >= 15 is 0 Å². The van der Waals surface area contributed by atoms with Gasteiger partial charge in [0.25, 0.3) is 5.91 Å².